The Balaban J connectivity index is 1.27. The van der Waals surface area contributed by atoms with Crippen LogP contribution >= 0.6 is 0 Å². The minimum Gasteiger partial charge on any atom is -0.465 e. The molecule has 7 nitrogen and oxygen atoms in total. The second kappa shape index (κ2) is 7.85. The quantitative estimate of drug-likeness (QED) is 0.759. The fourth-order valence-electron chi connectivity index (χ4n) is 4.11. The Bertz CT molecular complexity index is 781. The first kappa shape index (κ1) is 18.8. The molecule has 3 saturated heterocycles. The van der Waals surface area contributed by atoms with Crippen molar-refractivity contribution in [2.45, 2.75) is 13.0 Å². The summed E-state index contributed by atoms with van der Waals surface area (Å²) in [4.78, 5) is 17.0. The molecular formula is C21H28N4O3. The van der Waals surface area contributed by atoms with E-state index in [0.717, 1.165) is 50.7 Å². The number of hydrogen-bond acceptors (Lipinski definition) is 5. The van der Waals surface area contributed by atoms with E-state index in [4.69, 9.17) is 14.9 Å². The fraction of sp³-hybridized carbons (Fsp3) is 0.476. The number of urea groups is 1. The molecule has 3 N–H and O–H groups in total. The number of nitrogens with two attached hydrogens (primary N) is 1. The summed E-state index contributed by atoms with van der Waals surface area (Å²) in [6.07, 6.45) is 5.21. The van der Waals surface area contributed by atoms with Crippen molar-refractivity contribution in [2.24, 2.45) is 17.6 Å². The topological polar surface area (TPSA) is 84.0 Å². The number of rotatable bonds is 5. The predicted molar refractivity (Wildman–Crippen MR) is 107 cm³/mol. The molecule has 2 atom stereocenters. The number of nitrogens with zero attached hydrogens (tertiary/aromatic N) is 2. The zero-order valence-electron chi connectivity index (χ0n) is 16.3. The molecule has 28 heavy (non-hydrogen) atoms. The van der Waals surface area contributed by atoms with Crippen molar-refractivity contribution in [1.82, 2.24) is 15.1 Å². The third kappa shape index (κ3) is 3.86. The van der Waals surface area contributed by atoms with E-state index in [1.165, 1.54) is 0 Å². The van der Waals surface area contributed by atoms with E-state index in [-0.39, 0.29) is 6.03 Å². The molecule has 2 unspecified atom stereocenters. The van der Waals surface area contributed by atoms with Crippen molar-refractivity contribution in [3.63, 3.8) is 0 Å². The molecule has 0 aliphatic carbocycles. The van der Waals surface area contributed by atoms with Crippen molar-refractivity contribution < 1.29 is 13.9 Å². The van der Waals surface area contributed by atoms with E-state index in [0.29, 0.717) is 29.3 Å². The molecule has 2 amide bonds. The third-order valence-electron chi connectivity index (χ3n) is 5.97. The van der Waals surface area contributed by atoms with E-state index < -0.39 is 0 Å². The summed E-state index contributed by atoms with van der Waals surface area (Å²) in [6.45, 7) is 11.2. The van der Waals surface area contributed by atoms with Crippen molar-refractivity contribution in [1.29, 1.82) is 0 Å². The Labute approximate surface area is 165 Å². The molecule has 3 fully saturated rings. The molecule has 4 heterocycles. The lowest BCUT2D eigenvalue weighted by Crippen LogP contribution is -2.49. The molecule has 3 aliphatic heterocycles. The number of fused-ring (bicyclic) bond motifs is 1. The SMILES string of the molecule is C=C(NC(=O)N1CC2CN(C3COC3)CC2C1)/C(N)=C\C=C(/C)c1ccco1. The van der Waals surface area contributed by atoms with Gasteiger partial charge in [-0.05, 0) is 42.5 Å². The molecule has 1 aromatic rings. The molecule has 150 valence electrons. The molecular weight excluding hydrogens is 356 g/mol. The van der Waals surface area contributed by atoms with Gasteiger partial charge in [0.15, 0.2) is 0 Å². The van der Waals surface area contributed by atoms with E-state index in [1.807, 2.05) is 30.0 Å². The van der Waals surface area contributed by atoms with Gasteiger partial charge in [-0.15, -0.1) is 0 Å². The Morgan fingerprint density at radius 2 is 1.96 bits per heavy atom. The Hall–Kier alpha value is -2.51. The first-order chi connectivity index (χ1) is 13.5. The fourth-order valence-corrected chi connectivity index (χ4v) is 4.11. The van der Waals surface area contributed by atoms with Gasteiger partial charge >= 0.3 is 6.03 Å². The average Bonchev–Trinajstić information content (AvgIpc) is 3.33. The van der Waals surface area contributed by atoms with Gasteiger partial charge in [0, 0.05) is 26.2 Å². The lowest BCUT2D eigenvalue weighted by molar-refractivity contribution is -0.0597. The summed E-state index contributed by atoms with van der Waals surface area (Å²) >= 11 is 0. The number of carbonyl (C=O) groups excluding carboxylic acids is 1. The molecule has 0 radical (unpaired) electrons. The highest BCUT2D eigenvalue weighted by Gasteiger charge is 2.44. The van der Waals surface area contributed by atoms with E-state index in [9.17, 15) is 4.79 Å². The second-order valence-corrected chi connectivity index (χ2v) is 7.93. The average molecular weight is 384 g/mol. The number of amides is 2. The number of likely N-dealkylation sites (tertiary alicyclic amines) is 2. The maximum atomic E-state index is 12.6. The molecule has 0 aromatic carbocycles. The van der Waals surface area contributed by atoms with Crippen LogP contribution in [0.3, 0.4) is 0 Å². The van der Waals surface area contributed by atoms with Crippen LogP contribution < -0.4 is 11.1 Å². The number of carbonyl (C=O) groups is 1. The van der Waals surface area contributed by atoms with Crippen molar-refractivity contribution in [3.8, 4) is 0 Å². The number of furan rings is 1. The molecule has 0 saturated carbocycles. The highest BCUT2D eigenvalue weighted by molar-refractivity contribution is 5.77. The summed E-state index contributed by atoms with van der Waals surface area (Å²) in [6, 6.07) is 4.18. The predicted octanol–water partition coefficient (Wildman–Crippen LogP) is 2.01. The van der Waals surface area contributed by atoms with Crippen LogP contribution in [-0.4, -0.2) is 61.3 Å². The smallest absolute Gasteiger partial charge is 0.321 e. The van der Waals surface area contributed by atoms with Crippen LogP contribution in [0.25, 0.3) is 5.57 Å². The van der Waals surface area contributed by atoms with Crippen LogP contribution in [-0.2, 0) is 4.74 Å². The van der Waals surface area contributed by atoms with Crippen LogP contribution in [0.4, 0.5) is 4.79 Å². The minimum absolute atomic E-state index is 0.124. The molecule has 0 bridgehead atoms. The minimum atomic E-state index is -0.124. The lowest BCUT2D eigenvalue weighted by Gasteiger charge is -2.35. The third-order valence-corrected chi connectivity index (χ3v) is 5.97. The Kier molecular flexibility index (Phi) is 5.28. The van der Waals surface area contributed by atoms with Gasteiger partial charge in [0.25, 0.3) is 0 Å². The summed E-state index contributed by atoms with van der Waals surface area (Å²) in [5, 5.41) is 2.84. The number of nitrogens with one attached hydrogen (secondary N) is 1. The maximum Gasteiger partial charge on any atom is 0.321 e. The van der Waals surface area contributed by atoms with Crippen molar-refractivity contribution >= 4 is 11.6 Å². The van der Waals surface area contributed by atoms with Gasteiger partial charge in [0.1, 0.15) is 5.76 Å². The highest BCUT2D eigenvalue weighted by Crippen LogP contribution is 2.33. The summed E-state index contributed by atoms with van der Waals surface area (Å²) in [5.74, 6) is 1.88. The summed E-state index contributed by atoms with van der Waals surface area (Å²) < 4.78 is 10.6. The first-order valence-electron chi connectivity index (χ1n) is 9.76. The van der Waals surface area contributed by atoms with Crippen LogP contribution in [0.1, 0.15) is 12.7 Å². The Morgan fingerprint density at radius 3 is 2.54 bits per heavy atom. The first-order valence-corrected chi connectivity index (χ1v) is 9.76. The lowest BCUT2D eigenvalue weighted by atomic mass is 10.0. The van der Waals surface area contributed by atoms with Gasteiger partial charge in [0.05, 0.1) is 36.9 Å². The summed E-state index contributed by atoms with van der Waals surface area (Å²) in [7, 11) is 0. The molecule has 7 heteroatoms. The van der Waals surface area contributed by atoms with Crippen LogP contribution in [0.2, 0.25) is 0 Å². The highest BCUT2D eigenvalue weighted by atomic mass is 16.5. The number of ether oxygens (including phenoxy) is 1. The van der Waals surface area contributed by atoms with Gasteiger partial charge in [-0.3, -0.25) is 4.90 Å². The van der Waals surface area contributed by atoms with Crippen molar-refractivity contribution in [3.05, 3.63) is 54.3 Å². The number of hydrogen-bond donors (Lipinski definition) is 2. The zero-order valence-corrected chi connectivity index (χ0v) is 16.3. The molecule has 4 rings (SSSR count). The van der Waals surface area contributed by atoms with Gasteiger partial charge in [-0.2, -0.15) is 0 Å². The molecule has 1 aromatic heterocycles. The van der Waals surface area contributed by atoms with Gasteiger partial charge in [-0.25, -0.2) is 4.79 Å². The number of allylic oxidation sites excluding steroid dienone is 3. The van der Waals surface area contributed by atoms with Crippen LogP contribution in [0.15, 0.2) is 52.9 Å². The van der Waals surface area contributed by atoms with E-state index in [1.54, 1.807) is 12.3 Å². The molecule has 0 spiro atoms. The monoisotopic (exact) mass is 384 g/mol. The van der Waals surface area contributed by atoms with E-state index >= 15 is 0 Å². The summed E-state index contributed by atoms with van der Waals surface area (Å²) in [5.41, 5.74) is 7.85. The van der Waals surface area contributed by atoms with Crippen LogP contribution in [0, 0.1) is 11.8 Å². The second-order valence-electron chi connectivity index (χ2n) is 7.93. The standard InChI is InChI=1S/C21H28N4O3/c1-14(20-4-3-7-28-20)5-6-19(22)15(2)23-21(26)25-10-16-8-24(9-17(16)11-25)18-12-27-13-18/h3-7,16-18H,2,8-13,22H2,1H3,(H,23,26)/b14-5+,19-6+. The molecule has 3 aliphatic rings. The normalized spacial score (nSPS) is 26.2. The van der Waals surface area contributed by atoms with Crippen LogP contribution in [0.5, 0.6) is 0 Å². The van der Waals surface area contributed by atoms with E-state index in [2.05, 4.69) is 16.8 Å². The largest absolute Gasteiger partial charge is 0.465 e. The van der Waals surface area contributed by atoms with Gasteiger partial charge in [-0.1, -0.05) is 12.7 Å². The zero-order chi connectivity index (χ0) is 19.7. The van der Waals surface area contributed by atoms with Crippen molar-refractivity contribution in [2.75, 3.05) is 39.4 Å². The maximum absolute atomic E-state index is 12.6. The van der Waals surface area contributed by atoms with Gasteiger partial charge < -0.3 is 25.1 Å². The Morgan fingerprint density at radius 1 is 1.25 bits per heavy atom. The van der Waals surface area contributed by atoms with Gasteiger partial charge in [0.2, 0.25) is 0 Å².